The predicted molar refractivity (Wildman–Crippen MR) is 85.5 cm³/mol. The van der Waals surface area contributed by atoms with Crippen LogP contribution < -0.4 is 5.32 Å². The molecule has 1 saturated heterocycles. The first-order chi connectivity index (χ1) is 10.1. The summed E-state index contributed by atoms with van der Waals surface area (Å²) in [5.41, 5.74) is 2.00. The van der Waals surface area contributed by atoms with Crippen LogP contribution in [0.25, 0.3) is 0 Å². The van der Waals surface area contributed by atoms with Gasteiger partial charge in [-0.2, -0.15) is 0 Å². The highest BCUT2D eigenvalue weighted by Crippen LogP contribution is 2.40. The van der Waals surface area contributed by atoms with Crippen molar-refractivity contribution in [3.8, 4) is 0 Å². The van der Waals surface area contributed by atoms with E-state index < -0.39 is 0 Å². The van der Waals surface area contributed by atoms with Gasteiger partial charge in [-0.25, -0.2) is 0 Å². The van der Waals surface area contributed by atoms with Crippen LogP contribution in [0.5, 0.6) is 0 Å². The van der Waals surface area contributed by atoms with Gasteiger partial charge in [0.25, 0.3) is 0 Å². The van der Waals surface area contributed by atoms with Crippen molar-refractivity contribution in [2.75, 3.05) is 0 Å². The van der Waals surface area contributed by atoms with Crippen molar-refractivity contribution in [3.05, 3.63) is 70.7 Å². The van der Waals surface area contributed by atoms with Crippen molar-refractivity contribution >= 4 is 17.5 Å². The highest BCUT2D eigenvalue weighted by atomic mass is 35.5. The normalized spacial score (nSPS) is 24.9. The van der Waals surface area contributed by atoms with Gasteiger partial charge in [0.2, 0.25) is 5.91 Å². The topological polar surface area (TPSA) is 29.1 Å². The van der Waals surface area contributed by atoms with Crippen LogP contribution in [-0.4, -0.2) is 11.9 Å². The molecular weight excluding hydrogens is 282 g/mol. The van der Waals surface area contributed by atoms with Crippen LogP contribution in [0, 0.1) is 0 Å². The molecule has 21 heavy (non-hydrogen) atoms. The number of halogens is 1. The van der Waals surface area contributed by atoms with Crippen molar-refractivity contribution in [1.29, 1.82) is 0 Å². The van der Waals surface area contributed by atoms with Crippen molar-refractivity contribution < 1.29 is 4.79 Å². The first kappa shape index (κ1) is 14.2. The van der Waals surface area contributed by atoms with Gasteiger partial charge in [0.1, 0.15) is 0 Å². The Morgan fingerprint density at radius 2 is 1.81 bits per heavy atom. The quantitative estimate of drug-likeness (QED) is 0.919. The minimum absolute atomic E-state index is 0.0623. The molecule has 1 amide bonds. The maximum absolute atomic E-state index is 12.0. The number of carbonyl (C=O) groups excluding carboxylic acids is 1. The SMILES string of the molecule is CC1(c2ccccc2Cl)CC(=O)NC1Cc1ccccc1. The fourth-order valence-corrected chi connectivity index (χ4v) is 3.55. The number of hydrogen-bond donors (Lipinski definition) is 1. The van der Waals surface area contributed by atoms with E-state index in [2.05, 4.69) is 24.4 Å². The van der Waals surface area contributed by atoms with Crippen molar-refractivity contribution in [2.24, 2.45) is 0 Å². The van der Waals surface area contributed by atoms with Crippen molar-refractivity contribution in [1.82, 2.24) is 5.32 Å². The lowest BCUT2D eigenvalue weighted by Crippen LogP contribution is -2.40. The summed E-state index contributed by atoms with van der Waals surface area (Å²) in [5.74, 6) is 0.0957. The number of hydrogen-bond acceptors (Lipinski definition) is 1. The number of amides is 1. The Bertz CT molecular complexity index is 655. The summed E-state index contributed by atoms with van der Waals surface area (Å²) in [5, 5.41) is 3.85. The molecular formula is C18H18ClNO. The Labute approximate surface area is 130 Å². The summed E-state index contributed by atoms with van der Waals surface area (Å²) >= 11 is 6.37. The molecule has 2 nitrogen and oxygen atoms in total. The van der Waals surface area contributed by atoms with Crippen molar-refractivity contribution in [2.45, 2.75) is 31.2 Å². The van der Waals surface area contributed by atoms with E-state index in [4.69, 9.17) is 11.6 Å². The second-order valence-corrected chi connectivity index (χ2v) is 6.29. The van der Waals surface area contributed by atoms with E-state index in [-0.39, 0.29) is 17.4 Å². The predicted octanol–water partition coefficient (Wildman–Crippen LogP) is 3.73. The van der Waals surface area contributed by atoms with E-state index in [1.165, 1.54) is 5.56 Å². The van der Waals surface area contributed by atoms with Gasteiger partial charge in [0.15, 0.2) is 0 Å². The lowest BCUT2D eigenvalue weighted by atomic mass is 9.74. The maximum atomic E-state index is 12.0. The summed E-state index contributed by atoms with van der Waals surface area (Å²) < 4.78 is 0. The standard InChI is InChI=1S/C18H18ClNO/c1-18(14-9-5-6-10-15(14)19)12-17(21)20-16(18)11-13-7-3-2-4-8-13/h2-10,16H,11-12H2,1H3,(H,20,21). The van der Waals surface area contributed by atoms with Crippen LogP contribution >= 0.6 is 11.6 Å². The molecule has 1 N–H and O–H groups in total. The van der Waals surface area contributed by atoms with E-state index in [1.54, 1.807) is 0 Å². The van der Waals surface area contributed by atoms with Gasteiger partial charge in [-0.3, -0.25) is 4.79 Å². The highest BCUT2D eigenvalue weighted by molar-refractivity contribution is 6.31. The molecule has 1 fully saturated rings. The molecule has 0 aliphatic carbocycles. The maximum Gasteiger partial charge on any atom is 0.221 e. The Morgan fingerprint density at radius 1 is 1.14 bits per heavy atom. The molecule has 0 aromatic heterocycles. The van der Waals surface area contributed by atoms with Gasteiger partial charge >= 0.3 is 0 Å². The Hall–Kier alpha value is -1.80. The Kier molecular flexibility index (Phi) is 3.73. The average molecular weight is 300 g/mol. The van der Waals surface area contributed by atoms with E-state index in [9.17, 15) is 4.79 Å². The zero-order valence-corrected chi connectivity index (χ0v) is 12.7. The van der Waals surface area contributed by atoms with Crippen LogP contribution in [0.3, 0.4) is 0 Å². The van der Waals surface area contributed by atoms with Crippen molar-refractivity contribution in [3.63, 3.8) is 0 Å². The van der Waals surface area contributed by atoms with Gasteiger partial charge in [0.05, 0.1) is 0 Å². The Balaban J connectivity index is 1.95. The van der Waals surface area contributed by atoms with E-state index in [0.29, 0.717) is 6.42 Å². The van der Waals surface area contributed by atoms with Crippen LogP contribution in [-0.2, 0) is 16.6 Å². The van der Waals surface area contributed by atoms with Gasteiger partial charge in [-0.1, -0.05) is 67.1 Å². The molecule has 1 aliphatic heterocycles. The first-order valence-corrected chi connectivity index (χ1v) is 7.56. The summed E-state index contributed by atoms with van der Waals surface area (Å²) in [6.45, 7) is 2.12. The van der Waals surface area contributed by atoms with Crippen LogP contribution in [0.15, 0.2) is 54.6 Å². The van der Waals surface area contributed by atoms with Gasteiger partial charge in [-0.05, 0) is 23.6 Å². The first-order valence-electron chi connectivity index (χ1n) is 7.18. The number of carbonyl (C=O) groups is 1. The monoisotopic (exact) mass is 299 g/mol. The molecule has 108 valence electrons. The minimum Gasteiger partial charge on any atom is -0.352 e. The second-order valence-electron chi connectivity index (χ2n) is 5.88. The molecule has 2 atom stereocenters. The van der Waals surface area contributed by atoms with Gasteiger partial charge in [0, 0.05) is 22.9 Å². The lowest BCUT2D eigenvalue weighted by molar-refractivity contribution is -0.119. The zero-order chi connectivity index (χ0) is 14.9. The van der Waals surface area contributed by atoms with Crippen LogP contribution in [0.1, 0.15) is 24.5 Å². The van der Waals surface area contributed by atoms with E-state index in [1.807, 2.05) is 42.5 Å². The van der Waals surface area contributed by atoms with E-state index >= 15 is 0 Å². The highest BCUT2D eigenvalue weighted by Gasteiger charge is 2.45. The third-order valence-electron chi connectivity index (χ3n) is 4.40. The molecule has 0 spiro atoms. The van der Waals surface area contributed by atoms with Crippen LogP contribution in [0.2, 0.25) is 5.02 Å². The molecule has 2 unspecified atom stereocenters. The number of nitrogens with one attached hydrogen (secondary N) is 1. The van der Waals surface area contributed by atoms with E-state index in [0.717, 1.165) is 17.0 Å². The summed E-state index contributed by atoms with van der Waals surface area (Å²) in [6.07, 6.45) is 1.29. The molecule has 3 rings (SSSR count). The fraction of sp³-hybridized carbons (Fsp3) is 0.278. The molecule has 1 aliphatic rings. The van der Waals surface area contributed by atoms with Gasteiger partial charge in [-0.15, -0.1) is 0 Å². The second kappa shape index (κ2) is 5.53. The molecule has 0 radical (unpaired) electrons. The average Bonchev–Trinajstić information content (AvgIpc) is 2.75. The molecule has 2 aromatic rings. The lowest BCUT2D eigenvalue weighted by Gasteiger charge is -2.31. The fourth-order valence-electron chi connectivity index (χ4n) is 3.19. The largest absolute Gasteiger partial charge is 0.352 e. The number of rotatable bonds is 3. The third kappa shape index (κ3) is 2.68. The smallest absolute Gasteiger partial charge is 0.221 e. The molecule has 1 heterocycles. The Morgan fingerprint density at radius 3 is 2.52 bits per heavy atom. The summed E-state index contributed by atoms with van der Waals surface area (Å²) in [4.78, 5) is 12.0. The van der Waals surface area contributed by atoms with Gasteiger partial charge < -0.3 is 5.32 Å². The molecule has 0 bridgehead atoms. The zero-order valence-electron chi connectivity index (χ0n) is 12.0. The minimum atomic E-state index is -0.273. The molecule has 0 saturated carbocycles. The molecule has 2 aromatic carbocycles. The number of benzene rings is 2. The summed E-state index contributed by atoms with van der Waals surface area (Å²) in [7, 11) is 0. The molecule has 3 heteroatoms. The third-order valence-corrected chi connectivity index (χ3v) is 4.73. The summed E-state index contributed by atoms with van der Waals surface area (Å²) in [6, 6.07) is 18.1. The van der Waals surface area contributed by atoms with Crippen LogP contribution in [0.4, 0.5) is 0 Å².